The average molecular weight is 140 g/mol. The zero-order valence-corrected chi connectivity index (χ0v) is 7.28. The zero-order valence-electron chi connectivity index (χ0n) is 4.23. The Labute approximate surface area is 45.1 Å². The van der Waals surface area contributed by atoms with Crippen molar-refractivity contribution >= 4 is 25.1 Å². The largest absolute Gasteiger partial charge is 0.121 e. The van der Waals surface area contributed by atoms with E-state index in [4.69, 9.17) is 0 Å². The van der Waals surface area contributed by atoms with Crippen molar-refractivity contribution in [1.29, 1.82) is 0 Å². The third-order valence-corrected chi connectivity index (χ3v) is 5.31. The van der Waals surface area contributed by atoms with Gasteiger partial charge < -0.3 is 0 Å². The molecule has 0 rings (SSSR count). The van der Waals surface area contributed by atoms with Crippen LogP contribution in [0.25, 0.3) is 0 Å². The van der Waals surface area contributed by atoms with Crippen molar-refractivity contribution in [2.75, 3.05) is 19.2 Å². The monoisotopic (exact) mass is 140 g/mol. The fourth-order valence-corrected chi connectivity index (χ4v) is 3.89. The van der Waals surface area contributed by atoms with E-state index < -0.39 is 0 Å². The number of hydrogen-bond acceptors (Lipinski definition) is 0. The van der Waals surface area contributed by atoms with Gasteiger partial charge in [0.05, 0.1) is 0 Å². The maximum absolute atomic E-state index is 2.85. The molecule has 3 unspecified atom stereocenters. The summed E-state index contributed by atoms with van der Waals surface area (Å²) in [6.07, 6.45) is 0. The molecule has 0 nitrogen and oxygen atoms in total. The van der Waals surface area contributed by atoms with Crippen molar-refractivity contribution < 1.29 is 0 Å². The van der Waals surface area contributed by atoms with Gasteiger partial charge in [-0.05, 0) is 19.2 Å². The molecule has 0 bridgehead atoms. The van der Waals surface area contributed by atoms with Crippen LogP contribution in [0.5, 0.6) is 0 Å². The lowest BCUT2D eigenvalue weighted by molar-refractivity contribution is 2.12. The fourth-order valence-electron chi connectivity index (χ4n) is 0.249. The molecule has 0 radical (unpaired) electrons. The molecular weight excluding hydrogens is 129 g/mol. The summed E-state index contributed by atoms with van der Waals surface area (Å²) < 4.78 is 0. The van der Waals surface area contributed by atoms with Gasteiger partial charge >= 0.3 is 0 Å². The SMILES string of the molecule is CPCP(C)P. The first kappa shape index (κ1) is 7.29. The molecule has 0 aromatic rings. The van der Waals surface area contributed by atoms with Crippen molar-refractivity contribution in [3.05, 3.63) is 0 Å². The molecule has 3 heteroatoms. The molecule has 0 N–H and O–H groups in total. The maximum atomic E-state index is 2.85. The van der Waals surface area contributed by atoms with Crippen LogP contribution in [-0.4, -0.2) is 19.2 Å². The van der Waals surface area contributed by atoms with E-state index in [0.717, 1.165) is 8.58 Å². The van der Waals surface area contributed by atoms with E-state index >= 15 is 0 Å². The quantitative estimate of drug-likeness (QED) is 0.515. The van der Waals surface area contributed by atoms with Gasteiger partial charge in [0, 0.05) is 0 Å². The molecule has 0 saturated carbocycles. The van der Waals surface area contributed by atoms with Gasteiger partial charge in [0.2, 0.25) is 0 Å². The number of rotatable bonds is 2. The molecule has 38 valence electrons. The first-order valence-electron chi connectivity index (χ1n) is 1.88. The lowest BCUT2D eigenvalue weighted by atomic mass is 11.9. The molecule has 0 aliphatic carbocycles. The minimum atomic E-state index is 0.328. The second kappa shape index (κ2) is 4.45. The summed E-state index contributed by atoms with van der Waals surface area (Å²) in [4.78, 5) is 0. The molecule has 0 aliphatic rings. The lowest BCUT2D eigenvalue weighted by Crippen LogP contribution is -1.57. The van der Waals surface area contributed by atoms with Crippen molar-refractivity contribution in [1.82, 2.24) is 0 Å². The van der Waals surface area contributed by atoms with Gasteiger partial charge in [-0.25, -0.2) is 0 Å². The Morgan fingerprint density at radius 3 is 2.33 bits per heavy atom. The second-order valence-electron chi connectivity index (χ2n) is 1.27. The average Bonchev–Trinajstić information content (AvgIpc) is 1.35. The van der Waals surface area contributed by atoms with E-state index in [1.807, 2.05) is 0 Å². The van der Waals surface area contributed by atoms with Gasteiger partial charge in [-0.3, -0.25) is 0 Å². The van der Waals surface area contributed by atoms with Crippen LogP contribution in [0.3, 0.4) is 0 Å². The van der Waals surface area contributed by atoms with Crippen LogP contribution >= 0.6 is 25.1 Å². The van der Waals surface area contributed by atoms with Crippen LogP contribution in [0.1, 0.15) is 0 Å². The molecule has 0 spiro atoms. The van der Waals surface area contributed by atoms with Crippen molar-refractivity contribution in [3.63, 3.8) is 0 Å². The highest BCUT2D eigenvalue weighted by molar-refractivity contribution is 8.15. The van der Waals surface area contributed by atoms with Gasteiger partial charge in [-0.1, -0.05) is 7.61 Å². The highest BCUT2D eigenvalue weighted by atomic mass is 32.0. The molecule has 6 heavy (non-hydrogen) atoms. The smallest absolute Gasteiger partial charge is 0.0119 e. The molecule has 0 heterocycles. The molecule has 3 atom stereocenters. The molecule has 0 aromatic carbocycles. The first-order chi connectivity index (χ1) is 2.77. The fraction of sp³-hybridized carbons (Fsp3) is 1.00. The van der Waals surface area contributed by atoms with Gasteiger partial charge in [0.1, 0.15) is 0 Å². The van der Waals surface area contributed by atoms with Gasteiger partial charge in [0.25, 0.3) is 0 Å². The summed E-state index contributed by atoms with van der Waals surface area (Å²) in [5.74, 6) is 1.43. The molecule has 0 amide bonds. The summed E-state index contributed by atoms with van der Waals surface area (Å²) >= 11 is 0. The normalized spacial score (nSPS) is 16.5. The van der Waals surface area contributed by atoms with E-state index in [9.17, 15) is 0 Å². The van der Waals surface area contributed by atoms with Crippen LogP contribution in [-0.2, 0) is 0 Å². The summed E-state index contributed by atoms with van der Waals surface area (Å²) in [7, 11) is 4.32. The second-order valence-corrected chi connectivity index (χ2v) is 7.40. The minimum absolute atomic E-state index is 0.328. The van der Waals surface area contributed by atoms with Gasteiger partial charge in [-0.15, -0.1) is 17.5 Å². The summed E-state index contributed by atoms with van der Waals surface area (Å²) in [6, 6.07) is 0. The van der Waals surface area contributed by atoms with Crippen molar-refractivity contribution in [3.8, 4) is 0 Å². The Hall–Kier alpha value is 1.29. The van der Waals surface area contributed by atoms with Crippen LogP contribution < -0.4 is 0 Å². The first-order valence-corrected chi connectivity index (χ1v) is 7.17. The summed E-state index contributed by atoms with van der Waals surface area (Å²) in [5, 5.41) is 0. The molecule has 0 fully saturated rings. The molecule has 0 aliphatic heterocycles. The highest BCUT2D eigenvalue weighted by Crippen LogP contribution is 2.44. The Balaban J connectivity index is 2.63. The van der Waals surface area contributed by atoms with E-state index in [-0.39, 0.29) is 0 Å². The number of hydrogen-bond donors (Lipinski definition) is 0. The zero-order chi connectivity index (χ0) is 4.99. The lowest BCUT2D eigenvalue weighted by Gasteiger charge is -1.97. The van der Waals surface area contributed by atoms with E-state index in [0.29, 0.717) is 7.61 Å². The van der Waals surface area contributed by atoms with Crippen LogP contribution in [0.4, 0.5) is 0 Å². The third-order valence-electron chi connectivity index (χ3n) is 0.408. The third kappa shape index (κ3) is 5.29. The Kier molecular flexibility index (Phi) is 5.41. The van der Waals surface area contributed by atoms with E-state index in [1.54, 1.807) is 0 Å². The van der Waals surface area contributed by atoms with Crippen LogP contribution in [0.2, 0.25) is 0 Å². The predicted octanol–water partition coefficient (Wildman–Crippen LogP) is 2.15. The predicted molar refractivity (Wildman–Crippen MR) is 41.7 cm³/mol. The highest BCUT2D eigenvalue weighted by Gasteiger charge is 1.84. The Morgan fingerprint density at radius 1 is 1.83 bits per heavy atom. The standard InChI is InChI=1S/C3H11P3/c1-5-3-6(2)4/h5H,3-4H2,1-2H3. The Bertz CT molecular complexity index is 27.2. The van der Waals surface area contributed by atoms with Gasteiger partial charge in [0.15, 0.2) is 0 Å². The van der Waals surface area contributed by atoms with Gasteiger partial charge in [-0.2, -0.15) is 0 Å². The van der Waals surface area contributed by atoms with Crippen molar-refractivity contribution in [2.45, 2.75) is 0 Å². The maximum Gasteiger partial charge on any atom is -0.0119 e. The Morgan fingerprint density at radius 2 is 2.33 bits per heavy atom. The van der Waals surface area contributed by atoms with E-state index in [2.05, 4.69) is 22.3 Å². The van der Waals surface area contributed by atoms with Crippen LogP contribution in [0, 0.1) is 0 Å². The topological polar surface area (TPSA) is 0 Å². The van der Waals surface area contributed by atoms with Crippen molar-refractivity contribution in [2.24, 2.45) is 0 Å². The molecular formula is C3H11P3. The summed E-state index contributed by atoms with van der Waals surface area (Å²) in [6.45, 7) is 4.54. The van der Waals surface area contributed by atoms with E-state index in [1.165, 1.54) is 5.90 Å². The molecule has 0 aromatic heterocycles. The summed E-state index contributed by atoms with van der Waals surface area (Å²) in [5.41, 5.74) is 0. The minimum Gasteiger partial charge on any atom is -0.121 e. The molecule has 0 saturated heterocycles. The van der Waals surface area contributed by atoms with Crippen LogP contribution in [0.15, 0.2) is 0 Å².